The van der Waals surface area contributed by atoms with Crippen molar-refractivity contribution in [2.24, 2.45) is 5.10 Å². The molecule has 2 aromatic carbocycles. The predicted octanol–water partition coefficient (Wildman–Crippen LogP) is 3.46. The number of hydrogen-bond donors (Lipinski definition) is 1. The van der Waals surface area contributed by atoms with E-state index in [1.807, 2.05) is 40.4 Å². The van der Waals surface area contributed by atoms with E-state index in [0.29, 0.717) is 19.0 Å². The van der Waals surface area contributed by atoms with Crippen LogP contribution in [0, 0.1) is 5.82 Å². The van der Waals surface area contributed by atoms with Crippen LogP contribution in [0.3, 0.4) is 0 Å². The van der Waals surface area contributed by atoms with Crippen molar-refractivity contribution in [1.29, 1.82) is 0 Å². The summed E-state index contributed by atoms with van der Waals surface area (Å²) in [5.74, 6) is 0.923. The Hall–Kier alpha value is -3.55. The molecule has 3 aromatic rings. The van der Waals surface area contributed by atoms with Gasteiger partial charge in [-0.2, -0.15) is 10.2 Å². The lowest BCUT2D eigenvalue weighted by atomic mass is 10.1. The molecule has 7 nitrogen and oxygen atoms in total. The van der Waals surface area contributed by atoms with Crippen LogP contribution in [-0.2, 0) is 6.54 Å². The Bertz CT molecular complexity index is 990. The van der Waals surface area contributed by atoms with Gasteiger partial charge in [-0.05, 0) is 29.8 Å². The van der Waals surface area contributed by atoms with Crippen molar-refractivity contribution < 1.29 is 13.9 Å². The number of nitrogens with one attached hydrogen (secondary N) is 1. The molecule has 2 heterocycles. The van der Waals surface area contributed by atoms with Gasteiger partial charge in [0.25, 0.3) is 0 Å². The van der Waals surface area contributed by atoms with Crippen LogP contribution in [0.15, 0.2) is 53.9 Å². The highest BCUT2D eigenvalue weighted by molar-refractivity contribution is 5.73. The lowest BCUT2D eigenvalue weighted by Crippen LogP contribution is -2.26. The van der Waals surface area contributed by atoms with Crippen molar-refractivity contribution in [2.75, 3.05) is 25.9 Å². The van der Waals surface area contributed by atoms with Crippen LogP contribution in [-0.4, -0.2) is 42.3 Å². The summed E-state index contributed by atoms with van der Waals surface area (Å²) < 4.78 is 24.4. The fourth-order valence-corrected chi connectivity index (χ4v) is 3.16. The topological polar surface area (TPSA) is 66.0 Å². The van der Waals surface area contributed by atoms with Gasteiger partial charge in [-0.25, -0.2) is 9.40 Å². The first kappa shape index (κ1) is 17.8. The van der Waals surface area contributed by atoms with E-state index in [-0.39, 0.29) is 5.82 Å². The van der Waals surface area contributed by atoms with E-state index in [9.17, 15) is 4.39 Å². The van der Waals surface area contributed by atoms with Gasteiger partial charge in [0.15, 0.2) is 0 Å². The molecule has 0 fully saturated rings. The highest BCUT2D eigenvalue weighted by Crippen LogP contribution is 2.34. The van der Waals surface area contributed by atoms with Crippen molar-refractivity contribution in [3.8, 4) is 22.6 Å². The van der Waals surface area contributed by atoms with Crippen molar-refractivity contribution in [3.05, 3.63) is 60.2 Å². The lowest BCUT2D eigenvalue weighted by Gasteiger charge is -2.20. The molecule has 28 heavy (non-hydrogen) atoms. The first-order valence-electron chi connectivity index (χ1n) is 8.72. The second-order valence-electron chi connectivity index (χ2n) is 6.39. The minimum atomic E-state index is -0.318. The number of nitrogens with zero attached hydrogens (tertiary/aromatic N) is 4. The number of methoxy groups -OCH3 is 2. The van der Waals surface area contributed by atoms with E-state index < -0.39 is 0 Å². The summed E-state index contributed by atoms with van der Waals surface area (Å²) in [5, 5.41) is 13.1. The minimum absolute atomic E-state index is 0.318. The van der Waals surface area contributed by atoms with Gasteiger partial charge in [0.05, 0.1) is 26.1 Å². The number of ether oxygens (including phenoxy) is 2. The molecule has 0 saturated carbocycles. The van der Waals surface area contributed by atoms with Crippen LogP contribution in [0.25, 0.3) is 11.1 Å². The smallest absolute Gasteiger partial charge is 0.128 e. The molecule has 0 spiro atoms. The van der Waals surface area contributed by atoms with Crippen LogP contribution < -0.4 is 14.5 Å². The van der Waals surface area contributed by atoms with E-state index in [1.54, 1.807) is 19.6 Å². The first-order chi connectivity index (χ1) is 13.7. The maximum absolute atomic E-state index is 13.7. The molecule has 1 aliphatic rings. The Morgan fingerprint density at radius 1 is 1.14 bits per heavy atom. The molecule has 0 saturated heterocycles. The summed E-state index contributed by atoms with van der Waals surface area (Å²) in [4.78, 5) is 1.99. The van der Waals surface area contributed by atoms with E-state index in [2.05, 4.69) is 15.3 Å². The van der Waals surface area contributed by atoms with Gasteiger partial charge in [0.1, 0.15) is 30.3 Å². The summed E-state index contributed by atoms with van der Waals surface area (Å²) in [5.41, 5.74) is 3.62. The Kier molecular flexibility index (Phi) is 4.84. The molecular weight excluding hydrogens is 361 g/mol. The third-order valence-corrected chi connectivity index (χ3v) is 4.51. The molecule has 1 aliphatic heterocycles. The standard InChI is InChI=1S/C20H20FN5O2/c1-27-18-6-14(5-16(21)7-18)11-25-12-24-26(13-25)17-3-4-19(20(8-17)28-2)15-9-22-23-10-15/h3-10,12H,11,13H2,1-2H3,(H,22,23). The molecule has 0 bridgehead atoms. The molecule has 4 rings (SSSR count). The molecule has 8 heteroatoms. The predicted molar refractivity (Wildman–Crippen MR) is 105 cm³/mol. The number of hydrazone groups is 1. The second kappa shape index (κ2) is 7.59. The Balaban J connectivity index is 1.49. The normalized spacial score (nSPS) is 13.2. The van der Waals surface area contributed by atoms with E-state index in [0.717, 1.165) is 28.1 Å². The van der Waals surface area contributed by atoms with Crippen LogP contribution in [0.4, 0.5) is 10.1 Å². The van der Waals surface area contributed by atoms with Crippen LogP contribution >= 0.6 is 0 Å². The monoisotopic (exact) mass is 381 g/mol. The van der Waals surface area contributed by atoms with Gasteiger partial charge in [-0.3, -0.25) is 5.10 Å². The van der Waals surface area contributed by atoms with Crippen LogP contribution in [0.5, 0.6) is 11.5 Å². The largest absolute Gasteiger partial charge is 0.497 e. The van der Waals surface area contributed by atoms with Crippen molar-refractivity contribution in [3.63, 3.8) is 0 Å². The first-order valence-corrected chi connectivity index (χ1v) is 8.72. The lowest BCUT2D eigenvalue weighted by molar-refractivity contribution is 0.406. The summed E-state index contributed by atoms with van der Waals surface area (Å²) in [6.45, 7) is 1.07. The number of aromatic amines is 1. The van der Waals surface area contributed by atoms with Gasteiger partial charge in [-0.15, -0.1) is 0 Å². The highest BCUT2D eigenvalue weighted by Gasteiger charge is 2.18. The number of rotatable bonds is 6. The zero-order valence-electron chi connectivity index (χ0n) is 15.6. The number of anilines is 1. The maximum atomic E-state index is 13.7. The van der Waals surface area contributed by atoms with Gasteiger partial charge >= 0.3 is 0 Å². The summed E-state index contributed by atoms with van der Waals surface area (Å²) in [7, 11) is 3.16. The SMILES string of the molecule is COc1cc(F)cc(CN2C=NN(c3ccc(-c4cn[nH]c4)c(OC)c3)C2)c1. The van der Waals surface area contributed by atoms with E-state index >= 15 is 0 Å². The molecule has 0 aliphatic carbocycles. The van der Waals surface area contributed by atoms with E-state index in [4.69, 9.17) is 9.47 Å². The molecule has 1 N–H and O–H groups in total. The second-order valence-corrected chi connectivity index (χ2v) is 6.39. The quantitative estimate of drug-likeness (QED) is 0.708. The van der Waals surface area contributed by atoms with Crippen molar-refractivity contribution in [2.45, 2.75) is 6.54 Å². The number of benzene rings is 2. The fraction of sp³-hybridized carbons (Fsp3) is 0.200. The molecule has 0 amide bonds. The Morgan fingerprint density at radius 3 is 2.79 bits per heavy atom. The van der Waals surface area contributed by atoms with Gasteiger partial charge in [0.2, 0.25) is 0 Å². The average Bonchev–Trinajstić information content (AvgIpc) is 3.39. The van der Waals surface area contributed by atoms with Gasteiger partial charge < -0.3 is 14.4 Å². The zero-order valence-corrected chi connectivity index (χ0v) is 15.6. The number of hydrogen-bond acceptors (Lipinski definition) is 6. The maximum Gasteiger partial charge on any atom is 0.128 e. The van der Waals surface area contributed by atoms with Crippen molar-refractivity contribution in [1.82, 2.24) is 15.1 Å². The third-order valence-electron chi connectivity index (χ3n) is 4.51. The Morgan fingerprint density at radius 2 is 2.04 bits per heavy atom. The Labute approximate surface area is 162 Å². The van der Waals surface area contributed by atoms with Gasteiger partial charge in [0, 0.05) is 36.0 Å². The molecule has 0 atom stereocenters. The molecule has 0 unspecified atom stereocenters. The number of halogens is 1. The van der Waals surface area contributed by atoms with E-state index in [1.165, 1.54) is 19.2 Å². The number of H-pyrrole nitrogens is 1. The van der Waals surface area contributed by atoms with Gasteiger partial charge in [-0.1, -0.05) is 0 Å². The minimum Gasteiger partial charge on any atom is -0.497 e. The molecular formula is C20H20FN5O2. The third kappa shape index (κ3) is 3.62. The number of aromatic nitrogens is 2. The molecule has 144 valence electrons. The fourth-order valence-electron chi connectivity index (χ4n) is 3.16. The average molecular weight is 381 g/mol. The molecule has 1 aromatic heterocycles. The van der Waals surface area contributed by atoms with Crippen LogP contribution in [0.2, 0.25) is 0 Å². The van der Waals surface area contributed by atoms with Crippen molar-refractivity contribution >= 4 is 12.0 Å². The molecule has 0 radical (unpaired) electrons. The highest BCUT2D eigenvalue weighted by atomic mass is 19.1. The van der Waals surface area contributed by atoms with Crippen LogP contribution in [0.1, 0.15) is 5.56 Å². The summed E-state index contributed by atoms with van der Waals surface area (Å²) in [6, 6.07) is 10.6. The summed E-state index contributed by atoms with van der Waals surface area (Å²) in [6.07, 6.45) is 5.31. The zero-order chi connectivity index (χ0) is 19.5. The summed E-state index contributed by atoms with van der Waals surface area (Å²) >= 11 is 0.